The van der Waals surface area contributed by atoms with Crippen molar-refractivity contribution < 1.29 is 21.4 Å². The van der Waals surface area contributed by atoms with E-state index in [1.54, 1.807) is 6.92 Å². The molecule has 0 aromatic heterocycles. The Labute approximate surface area is 155 Å². The van der Waals surface area contributed by atoms with Gasteiger partial charge in [0.1, 0.15) is 4.90 Å². The lowest BCUT2D eigenvalue weighted by Gasteiger charge is -2.24. The Kier molecular flexibility index (Phi) is 5.55. The molecule has 0 fully saturated rings. The molecule has 7 nitrogen and oxygen atoms in total. The molecule has 0 aliphatic rings. The van der Waals surface area contributed by atoms with Crippen LogP contribution in [0.2, 0.25) is 10.0 Å². The zero-order valence-electron chi connectivity index (χ0n) is 12.8. The molecule has 2 aromatic carbocycles. The number of nitrogens with two attached hydrogens (primary N) is 1. The van der Waals surface area contributed by atoms with Crippen molar-refractivity contribution >= 4 is 54.7 Å². The summed E-state index contributed by atoms with van der Waals surface area (Å²) in [5.74, 6) is 0. The van der Waals surface area contributed by atoms with Gasteiger partial charge in [-0.05, 0) is 43.3 Å². The molecule has 0 saturated carbocycles. The van der Waals surface area contributed by atoms with Gasteiger partial charge < -0.3 is 5.73 Å². The van der Waals surface area contributed by atoms with Crippen molar-refractivity contribution in [2.75, 3.05) is 16.6 Å². The standard InChI is InChI=1S/C14H14Cl2N2O5S2/c1-2-18(9-3-5-10(6-4-9)25(21,22)23)24(19,20)14-8-11(15)13(17)7-12(14)16/h3-8H,2,17H2,1H3,(H,21,22,23). The van der Waals surface area contributed by atoms with E-state index in [-0.39, 0.29) is 37.8 Å². The molecule has 2 aromatic rings. The number of sulfonamides is 1. The number of nitrogens with zero attached hydrogens (tertiary/aromatic N) is 1. The van der Waals surface area contributed by atoms with E-state index in [1.807, 2.05) is 0 Å². The van der Waals surface area contributed by atoms with Crippen LogP contribution in [0.25, 0.3) is 0 Å². The van der Waals surface area contributed by atoms with Crippen LogP contribution in [0, 0.1) is 0 Å². The van der Waals surface area contributed by atoms with Gasteiger partial charge in [0.15, 0.2) is 0 Å². The fourth-order valence-corrected chi connectivity index (χ4v) is 4.86. The van der Waals surface area contributed by atoms with Crippen LogP contribution < -0.4 is 10.0 Å². The van der Waals surface area contributed by atoms with Crippen molar-refractivity contribution in [3.63, 3.8) is 0 Å². The van der Waals surface area contributed by atoms with Gasteiger partial charge in [0.2, 0.25) is 0 Å². The van der Waals surface area contributed by atoms with Crippen LogP contribution in [0.3, 0.4) is 0 Å². The maximum Gasteiger partial charge on any atom is 0.294 e. The Bertz CT molecular complexity index is 1010. The molecule has 0 amide bonds. The third-order valence-electron chi connectivity index (χ3n) is 3.33. The van der Waals surface area contributed by atoms with Crippen molar-refractivity contribution in [1.82, 2.24) is 0 Å². The number of nitrogen functional groups attached to an aromatic ring is 1. The van der Waals surface area contributed by atoms with Gasteiger partial charge >= 0.3 is 0 Å². The average molecular weight is 425 g/mol. The molecular formula is C14H14Cl2N2O5S2. The van der Waals surface area contributed by atoms with Crippen molar-refractivity contribution in [2.24, 2.45) is 0 Å². The second-order valence-electron chi connectivity index (χ2n) is 4.94. The predicted octanol–water partition coefficient (Wildman–Crippen LogP) is 3.04. The zero-order chi connectivity index (χ0) is 19.0. The molecule has 0 saturated heterocycles. The van der Waals surface area contributed by atoms with E-state index in [4.69, 9.17) is 33.5 Å². The maximum absolute atomic E-state index is 12.9. The summed E-state index contributed by atoms with van der Waals surface area (Å²) < 4.78 is 58.0. The second kappa shape index (κ2) is 7.00. The minimum atomic E-state index is -4.38. The first-order valence-corrected chi connectivity index (χ1v) is 10.5. The molecule has 0 aliphatic heterocycles. The number of anilines is 2. The van der Waals surface area contributed by atoms with Crippen molar-refractivity contribution in [2.45, 2.75) is 16.7 Å². The average Bonchev–Trinajstić information content (AvgIpc) is 2.51. The van der Waals surface area contributed by atoms with Crippen molar-refractivity contribution in [1.29, 1.82) is 0 Å². The first kappa shape index (κ1) is 19.8. The molecule has 11 heteroatoms. The van der Waals surface area contributed by atoms with Gasteiger partial charge in [0, 0.05) is 6.54 Å². The summed E-state index contributed by atoms with van der Waals surface area (Å²) in [5.41, 5.74) is 5.94. The SMILES string of the molecule is CCN(c1ccc(S(=O)(=O)O)cc1)S(=O)(=O)c1cc(Cl)c(N)cc1Cl. The Hall–Kier alpha value is -1.52. The molecule has 0 aliphatic carbocycles. The molecule has 0 atom stereocenters. The minimum absolute atomic E-state index is 0.0424. The Morgan fingerprint density at radius 2 is 1.60 bits per heavy atom. The van der Waals surface area contributed by atoms with E-state index < -0.39 is 20.1 Å². The lowest BCUT2D eigenvalue weighted by molar-refractivity contribution is 0.483. The van der Waals surface area contributed by atoms with Gasteiger partial charge in [-0.2, -0.15) is 8.42 Å². The quantitative estimate of drug-likeness (QED) is 0.562. The molecule has 0 spiro atoms. The van der Waals surface area contributed by atoms with E-state index in [0.717, 1.165) is 22.5 Å². The van der Waals surface area contributed by atoms with E-state index in [2.05, 4.69) is 0 Å². The van der Waals surface area contributed by atoms with Gasteiger partial charge in [-0.3, -0.25) is 8.86 Å². The third kappa shape index (κ3) is 4.01. The molecule has 2 rings (SSSR count). The highest BCUT2D eigenvalue weighted by Crippen LogP contribution is 2.33. The molecule has 3 N–H and O–H groups in total. The number of halogens is 2. The van der Waals surface area contributed by atoms with Crippen LogP contribution in [-0.4, -0.2) is 27.9 Å². The van der Waals surface area contributed by atoms with Gasteiger partial charge in [-0.15, -0.1) is 0 Å². The van der Waals surface area contributed by atoms with E-state index in [1.165, 1.54) is 18.2 Å². The maximum atomic E-state index is 12.9. The largest absolute Gasteiger partial charge is 0.397 e. The summed E-state index contributed by atoms with van der Waals surface area (Å²) in [6.07, 6.45) is 0. The summed E-state index contributed by atoms with van der Waals surface area (Å²) in [7, 11) is -8.45. The van der Waals surface area contributed by atoms with Crippen LogP contribution in [0.1, 0.15) is 6.92 Å². The molecule has 0 bridgehead atoms. The Morgan fingerprint density at radius 3 is 2.08 bits per heavy atom. The second-order valence-corrected chi connectivity index (χ2v) is 9.01. The number of rotatable bonds is 5. The first-order chi connectivity index (χ1) is 11.5. The zero-order valence-corrected chi connectivity index (χ0v) is 16.0. The molecule has 0 unspecified atom stereocenters. The smallest absolute Gasteiger partial charge is 0.294 e. The molecule has 0 radical (unpaired) electrons. The van der Waals surface area contributed by atoms with Gasteiger partial charge in [-0.25, -0.2) is 8.42 Å². The number of benzene rings is 2. The highest BCUT2D eigenvalue weighted by molar-refractivity contribution is 7.93. The van der Waals surface area contributed by atoms with Gasteiger partial charge in [0.05, 0.1) is 26.3 Å². The summed E-state index contributed by atoms with van der Waals surface area (Å²) in [5, 5.41) is -0.0457. The first-order valence-electron chi connectivity index (χ1n) is 6.83. The van der Waals surface area contributed by atoms with E-state index >= 15 is 0 Å². The normalized spacial score (nSPS) is 12.2. The molecule has 136 valence electrons. The molecule has 0 heterocycles. The number of hydrogen-bond donors (Lipinski definition) is 2. The molecule has 25 heavy (non-hydrogen) atoms. The highest BCUT2D eigenvalue weighted by Gasteiger charge is 2.27. The van der Waals surface area contributed by atoms with Crippen LogP contribution in [0.5, 0.6) is 0 Å². The van der Waals surface area contributed by atoms with Crippen molar-refractivity contribution in [3.8, 4) is 0 Å². The topological polar surface area (TPSA) is 118 Å². The fraction of sp³-hybridized carbons (Fsp3) is 0.143. The van der Waals surface area contributed by atoms with Crippen LogP contribution in [-0.2, 0) is 20.1 Å². The summed E-state index contributed by atoms with van der Waals surface area (Å²) in [6.45, 7) is 1.65. The van der Waals surface area contributed by atoms with Crippen LogP contribution in [0.15, 0.2) is 46.2 Å². The minimum Gasteiger partial charge on any atom is -0.397 e. The van der Waals surface area contributed by atoms with E-state index in [0.29, 0.717) is 0 Å². The van der Waals surface area contributed by atoms with Crippen LogP contribution in [0.4, 0.5) is 11.4 Å². The third-order valence-corrected chi connectivity index (χ3v) is 6.89. The van der Waals surface area contributed by atoms with Crippen molar-refractivity contribution in [3.05, 3.63) is 46.4 Å². The summed E-state index contributed by atoms with van der Waals surface area (Å²) >= 11 is 11.9. The highest BCUT2D eigenvalue weighted by atomic mass is 35.5. The molecular weight excluding hydrogens is 411 g/mol. The van der Waals surface area contributed by atoms with Crippen LogP contribution >= 0.6 is 23.2 Å². The lowest BCUT2D eigenvalue weighted by atomic mass is 10.3. The number of hydrogen-bond acceptors (Lipinski definition) is 5. The summed E-state index contributed by atoms with van der Waals surface area (Å²) in [6, 6.07) is 7.12. The predicted molar refractivity (Wildman–Crippen MR) is 97.3 cm³/mol. The van der Waals surface area contributed by atoms with E-state index in [9.17, 15) is 16.8 Å². The fourth-order valence-electron chi connectivity index (χ4n) is 2.14. The Balaban J connectivity index is 2.55. The monoisotopic (exact) mass is 424 g/mol. The Morgan fingerprint density at radius 1 is 1.04 bits per heavy atom. The van der Waals surface area contributed by atoms with Gasteiger partial charge in [-0.1, -0.05) is 23.2 Å². The summed E-state index contributed by atoms with van der Waals surface area (Å²) in [4.78, 5) is -0.577. The van der Waals surface area contributed by atoms with Gasteiger partial charge in [0.25, 0.3) is 20.1 Å². The lowest BCUT2D eigenvalue weighted by Crippen LogP contribution is -2.31.